The van der Waals surface area contributed by atoms with E-state index in [0.717, 1.165) is 9.58 Å². The van der Waals surface area contributed by atoms with Crippen molar-refractivity contribution >= 4 is 46.4 Å². The summed E-state index contributed by atoms with van der Waals surface area (Å²) in [5.74, 6) is -4.45. The molecule has 2 aromatic heterocycles. The molecule has 2 fully saturated rings. The molecule has 2 N–H and O–H groups in total. The summed E-state index contributed by atoms with van der Waals surface area (Å²) in [7, 11) is 0. The first-order valence-corrected chi connectivity index (χ1v) is 14.7. The van der Waals surface area contributed by atoms with Gasteiger partial charge in [-0.15, -0.1) is 0 Å². The molecule has 1 aromatic carbocycles. The number of nitrogens with one attached hydrogen (secondary N) is 2. The summed E-state index contributed by atoms with van der Waals surface area (Å²) in [6.45, 7) is 6.14. The number of hydrogen-bond acceptors (Lipinski definition) is 7. The maximum Gasteiger partial charge on any atom is 0.435 e. The van der Waals surface area contributed by atoms with Crippen LogP contribution in [0.3, 0.4) is 0 Å². The molecule has 3 heterocycles. The maximum atomic E-state index is 14.9. The van der Waals surface area contributed by atoms with Gasteiger partial charge in [0.1, 0.15) is 29.1 Å². The number of alkyl halides is 3. The number of nitrogens with zero attached hydrogens (tertiary/aromatic N) is 4. The molecular formula is C31H35F3N6O5. The summed E-state index contributed by atoms with van der Waals surface area (Å²) < 4.78 is 49.9. The third-order valence-electron chi connectivity index (χ3n) is 8.06. The zero-order chi connectivity index (χ0) is 32.7. The van der Waals surface area contributed by atoms with Crippen molar-refractivity contribution in [3.63, 3.8) is 0 Å². The molecule has 1 aliphatic carbocycles. The van der Waals surface area contributed by atoms with Gasteiger partial charge in [-0.05, 0) is 63.4 Å². The van der Waals surface area contributed by atoms with E-state index < -0.39 is 59.9 Å². The lowest BCUT2D eigenvalue weighted by Crippen LogP contribution is -2.54. The van der Waals surface area contributed by atoms with Crippen LogP contribution in [0.15, 0.2) is 42.6 Å². The molecule has 0 bridgehead atoms. The van der Waals surface area contributed by atoms with Crippen molar-refractivity contribution in [2.75, 3.05) is 17.2 Å². The molecule has 1 aliphatic heterocycles. The summed E-state index contributed by atoms with van der Waals surface area (Å²) in [5.41, 5.74) is -0.614. The van der Waals surface area contributed by atoms with Crippen molar-refractivity contribution in [3.05, 3.63) is 48.2 Å². The minimum atomic E-state index is -2.95. The van der Waals surface area contributed by atoms with Gasteiger partial charge in [-0.1, -0.05) is 12.1 Å². The fraction of sp³-hybridized carbons (Fsp3) is 0.484. The lowest BCUT2D eigenvalue weighted by Gasteiger charge is -2.42. The van der Waals surface area contributed by atoms with Crippen LogP contribution in [-0.4, -0.2) is 73.8 Å². The smallest absolute Gasteiger partial charge is 0.435 e. The van der Waals surface area contributed by atoms with E-state index in [2.05, 4.69) is 20.7 Å². The molecule has 11 nitrogen and oxygen atoms in total. The zero-order valence-electron chi connectivity index (χ0n) is 25.4. The molecule has 0 spiro atoms. The van der Waals surface area contributed by atoms with Gasteiger partial charge in [0.25, 0.3) is 0 Å². The number of halogens is 3. The molecule has 14 heteroatoms. The van der Waals surface area contributed by atoms with Crippen LogP contribution in [0, 0.1) is 0 Å². The average Bonchev–Trinajstić information content (AvgIpc) is 3.55. The van der Waals surface area contributed by atoms with E-state index in [1.165, 1.54) is 25.3 Å². The number of aromatic nitrogens is 3. The number of rotatable bonds is 5. The standard InChI is InChI=1S/C31H35F3N6O5/c1-18(41)36-21-7-5-19(6-8-21)30(11-13-31(33,34)14-12-30)27(43)39-17-20(32)15-24(39)26(42)38-25-10-9-23-22(37-25)16-35-40(23)28(44)45-29(2,3)4/h5-10,16,20,24H,11-15,17H2,1-4H3,(H,36,41)(H,37,38,42)/t20-,24-/m1/s1. The van der Waals surface area contributed by atoms with Gasteiger partial charge in [0.05, 0.1) is 23.7 Å². The fourth-order valence-electron chi connectivity index (χ4n) is 5.92. The molecule has 240 valence electrons. The highest BCUT2D eigenvalue weighted by Crippen LogP contribution is 2.47. The Morgan fingerprint density at radius 3 is 2.27 bits per heavy atom. The third-order valence-corrected chi connectivity index (χ3v) is 8.06. The maximum absolute atomic E-state index is 14.9. The van der Waals surface area contributed by atoms with Gasteiger partial charge in [0, 0.05) is 31.9 Å². The highest BCUT2D eigenvalue weighted by Gasteiger charge is 2.53. The van der Waals surface area contributed by atoms with Crippen LogP contribution in [0.2, 0.25) is 0 Å². The van der Waals surface area contributed by atoms with E-state index >= 15 is 0 Å². The second-order valence-corrected chi connectivity index (χ2v) is 12.6. The van der Waals surface area contributed by atoms with Gasteiger partial charge < -0.3 is 20.3 Å². The van der Waals surface area contributed by atoms with Crippen LogP contribution in [-0.2, 0) is 24.5 Å². The van der Waals surface area contributed by atoms with Crippen molar-refractivity contribution < 1.29 is 37.1 Å². The Labute approximate surface area is 257 Å². The number of carbonyl (C=O) groups excluding carboxylic acids is 4. The van der Waals surface area contributed by atoms with Crippen LogP contribution in [0.4, 0.5) is 29.5 Å². The molecule has 1 saturated heterocycles. The Bertz CT molecular complexity index is 1620. The lowest BCUT2D eigenvalue weighted by atomic mass is 9.67. The van der Waals surface area contributed by atoms with Crippen molar-refractivity contribution in [1.82, 2.24) is 19.7 Å². The minimum Gasteiger partial charge on any atom is -0.442 e. The molecule has 0 radical (unpaired) electrons. The van der Waals surface area contributed by atoms with E-state index in [1.807, 2.05) is 0 Å². The first-order chi connectivity index (χ1) is 21.1. The van der Waals surface area contributed by atoms with Crippen molar-refractivity contribution in [2.24, 2.45) is 0 Å². The minimum absolute atomic E-state index is 0.0894. The number of pyridine rings is 1. The number of likely N-dealkylation sites (tertiary alicyclic amines) is 1. The number of amides is 3. The second kappa shape index (κ2) is 11.8. The fourth-order valence-corrected chi connectivity index (χ4v) is 5.92. The molecule has 2 atom stereocenters. The summed E-state index contributed by atoms with van der Waals surface area (Å²) in [5, 5.41) is 9.29. The molecule has 3 aromatic rings. The normalized spacial score (nSPS) is 20.9. The van der Waals surface area contributed by atoms with E-state index in [9.17, 15) is 32.3 Å². The van der Waals surface area contributed by atoms with Crippen LogP contribution in [0.25, 0.3) is 11.0 Å². The average molecular weight is 629 g/mol. The van der Waals surface area contributed by atoms with Crippen LogP contribution >= 0.6 is 0 Å². The number of ether oxygens (including phenoxy) is 1. The number of carbonyl (C=O) groups is 4. The number of hydrogen-bond donors (Lipinski definition) is 2. The quantitative estimate of drug-likeness (QED) is 0.397. The largest absolute Gasteiger partial charge is 0.442 e. The first kappa shape index (κ1) is 31.9. The van der Waals surface area contributed by atoms with Gasteiger partial charge in [-0.2, -0.15) is 9.78 Å². The summed E-state index contributed by atoms with van der Waals surface area (Å²) in [6.07, 6.45) is -2.63. The molecular weight excluding hydrogens is 593 g/mol. The van der Waals surface area contributed by atoms with Crippen LogP contribution in [0.1, 0.15) is 65.4 Å². The van der Waals surface area contributed by atoms with Gasteiger partial charge in [0.15, 0.2) is 0 Å². The Morgan fingerprint density at radius 1 is 0.978 bits per heavy atom. The van der Waals surface area contributed by atoms with E-state index in [4.69, 9.17) is 4.74 Å². The van der Waals surface area contributed by atoms with Gasteiger partial charge in [-0.3, -0.25) is 14.4 Å². The SMILES string of the molecule is CC(=O)Nc1ccc(C2(C(=O)N3C[C@H](F)C[C@@H]3C(=O)Nc3ccc4c(cnn4C(=O)OC(C)(C)C)n3)CCC(F)(F)CC2)cc1. The third kappa shape index (κ3) is 6.79. The highest BCUT2D eigenvalue weighted by molar-refractivity contribution is 6.00. The molecule has 2 aliphatic rings. The molecule has 1 saturated carbocycles. The Kier molecular flexibility index (Phi) is 8.36. The van der Waals surface area contributed by atoms with Gasteiger partial charge in [-0.25, -0.2) is 22.9 Å². The molecule has 5 rings (SSSR count). The topological polar surface area (TPSA) is 136 Å². The first-order valence-electron chi connectivity index (χ1n) is 14.7. The van der Waals surface area contributed by atoms with Crippen molar-refractivity contribution in [3.8, 4) is 0 Å². The van der Waals surface area contributed by atoms with E-state index in [-0.39, 0.29) is 43.0 Å². The van der Waals surface area contributed by atoms with Crippen LogP contribution < -0.4 is 10.6 Å². The van der Waals surface area contributed by atoms with Crippen LogP contribution in [0.5, 0.6) is 0 Å². The summed E-state index contributed by atoms with van der Waals surface area (Å²) in [6, 6.07) is 8.11. The predicted molar refractivity (Wildman–Crippen MR) is 159 cm³/mol. The Hall–Kier alpha value is -4.49. The number of fused-ring (bicyclic) bond motifs is 1. The van der Waals surface area contributed by atoms with E-state index in [1.54, 1.807) is 45.0 Å². The Morgan fingerprint density at radius 2 is 1.64 bits per heavy atom. The molecule has 3 amide bonds. The Balaban J connectivity index is 1.38. The summed E-state index contributed by atoms with van der Waals surface area (Å²) >= 11 is 0. The van der Waals surface area contributed by atoms with Crippen molar-refractivity contribution in [1.29, 1.82) is 0 Å². The molecule has 0 unspecified atom stereocenters. The van der Waals surface area contributed by atoms with Crippen molar-refractivity contribution in [2.45, 2.75) is 89.0 Å². The monoisotopic (exact) mass is 628 g/mol. The lowest BCUT2D eigenvalue weighted by molar-refractivity contribution is -0.146. The second-order valence-electron chi connectivity index (χ2n) is 12.6. The van der Waals surface area contributed by atoms with Gasteiger partial charge in [0.2, 0.25) is 23.6 Å². The number of benzene rings is 1. The zero-order valence-corrected chi connectivity index (χ0v) is 25.4. The summed E-state index contributed by atoms with van der Waals surface area (Å²) in [4.78, 5) is 57.2. The number of anilines is 2. The van der Waals surface area contributed by atoms with Gasteiger partial charge >= 0.3 is 6.09 Å². The molecule has 45 heavy (non-hydrogen) atoms. The predicted octanol–water partition coefficient (Wildman–Crippen LogP) is 5.20. The highest BCUT2D eigenvalue weighted by atomic mass is 19.3. The van der Waals surface area contributed by atoms with E-state index in [0.29, 0.717) is 16.8 Å².